The summed E-state index contributed by atoms with van der Waals surface area (Å²) in [6.45, 7) is 7.99. The van der Waals surface area contributed by atoms with Crippen LogP contribution in [0.15, 0.2) is 47.3 Å². The molecule has 2 aromatic heterocycles. The second-order valence-electron chi connectivity index (χ2n) is 7.76. The molecule has 0 aliphatic rings. The zero-order valence-electron chi connectivity index (χ0n) is 19.7. The van der Waals surface area contributed by atoms with Crippen LogP contribution in [0.25, 0.3) is 22.4 Å². The fourth-order valence-electron chi connectivity index (χ4n) is 3.36. The van der Waals surface area contributed by atoms with Crippen molar-refractivity contribution in [3.05, 3.63) is 62.9 Å². The van der Waals surface area contributed by atoms with E-state index in [9.17, 15) is 4.79 Å². The van der Waals surface area contributed by atoms with E-state index in [1.54, 1.807) is 0 Å². The standard InChI is InChI=1S/C26H29N3O4S/c1-4-7-15-33-21-13-8-18(16-22(21)31-6-3)17-23-25(30)29-26(34-23)27-24(28-29)19-9-11-20(12-10-19)32-14-5-2/h8-13,16-17H,4-7,14-15H2,1-3H3. The van der Waals surface area contributed by atoms with Crippen LogP contribution in [0.2, 0.25) is 0 Å². The van der Waals surface area contributed by atoms with Crippen LogP contribution in [0.5, 0.6) is 17.2 Å². The fraction of sp³-hybridized carbons (Fsp3) is 0.346. The molecular formula is C26H29N3O4S. The highest BCUT2D eigenvalue weighted by molar-refractivity contribution is 7.15. The van der Waals surface area contributed by atoms with Gasteiger partial charge in [-0.15, -0.1) is 5.10 Å². The molecule has 0 saturated carbocycles. The van der Waals surface area contributed by atoms with Crippen LogP contribution in [-0.4, -0.2) is 34.4 Å². The lowest BCUT2D eigenvalue weighted by Crippen LogP contribution is -2.23. The van der Waals surface area contributed by atoms with Crippen molar-refractivity contribution in [2.75, 3.05) is 19.8 Å². The summed E-state index contributed by atoms with van der Waals surface area (Å²) in [4.78, 5) is 18.1. The second kappa shape index (κ2) is 11.2. The number of fused-ring (bicyclic) bond motifs is 1. The van der Waals surface area contributed by atoms with E-state index in [-0.39, 0.29) is 5.56 Å². The molecule has 2 aromatic carbocycles. The summed E-state index contributed by atoms with van der Waals surface area (Å²) in [6, 6.07) is 13.3. The first-order chi connectivity index (χ1) is 16.6. The number of ether oxygens (including phenoxy) is 3. The SMILES string of the molecule is CCCCOc1ccc(C=c2sc3nc(-c4ccc(OCCC)cc4)nn3c2=O)cc1OCC. The molecule has 0 unspecified atom stereocenters. The molecule has 4 aromatic rings. The van der Waals surface area contributed by atoms with Crippen molar-refractivity contribution in [3.63, 3.8) is 0 Å². The third kappa shape index (κ3) is 5.39. The van der Waals surface area contributed by atoms with Gasteiger partial charge in [-0.25, -0.2) is 0 Å². The average Bonchev–Trinajstić information content (AvgIpc) is 3.39. The number of benzene rings is 2. The third-order valence-corrected chi connectivity index (χ3v) is 6.05. The second-order valence-corrected chi connectivity index (χ2v) is 8.77. The maximum Gasteiger partial charge on any atom is 0.291 e. The summed E-state index contributed by atoms with van der Waals surface area (Å²) in [7, 11) is 0. The van der Waals surface area contributed by atoms with Crippen molar-refractivity contribution in [1.29, 1.82) is 0 Å². The predicted molar refractivity (Wildman–Crippen MR) is 135 cm³/mol. The normalized spacial score (nSPS) is 11.8. The highest BCUT2D eigenvalue weighted by atomic mass is 32.1. The minimum atomic E-state index is -0.192. The molecule has 2 heterocycles. The lowest BCUT2D eigenvalue weighted by atomic mass is 10.2. The van der Waals surface area contributed by atoms with E-state index in [2.05, 4.69) is 23.9 Å². The smallest absolute Gasteiger partial charge is 0.291 e. The van der Waals surface area contributed by atoms with Crippen LogP contribution in [0.4, 0.5) is 0 Å². The zero-order valence-corrected chi connectivity index (χ0v) is 20.6. The van der Waals surface area contributed by atoms with Crippen LogP contribution < -0.4 is 24.3 Å². The van der Waals surface area contributed by atoms with Crippen LogP contribution in [-0.2, 0) is 0 Å². The number of hydrogen-bond acceptors (Lipinski definition) is 7. The van der Waals surface area contributed by atoms with Crippen molar-refractivity contribution in [3.8, 4) is 28.6 Å². The first kappa shape index (κ1) is 23.8. The Bertz CT molecular complexity index is 1350. The van der Waals surface area contributed by atoms with Gasteiger partial charge >= 0.3 is 0 Å². The molecule has 0 N–H and O–H groups in total. The van der Waals surface area contributed by atoms with Gasteiger partial charge in [0.15, 0.2) is 17.3 Å². The van der Waals surface area contributed by atoms with E-state index in [0.717, 1.165) is 36.1 Å². The van der Waals surface area contributed by atoms with E-state index >= 15 is 0 Å². The number of aromatic nitrogens is 3. The zero-order chi connectivity index (χ0) is 23.9. The Kier molecular flexibility index (Phi) is 7.80. The summed E-state index contributed by atoms with van der Waals surface area (Å²) in [5, 5.41) is 4.44. The van der Waals surface area contributed by atoms with Crippen molar-refractivity contribution in [1.82, 2.24) is 14.6 Å². The number of hydrogen-bond donors (Lipinski definition) is 0. The molecule has 0 spiro atoms. The van der Waals surface area contributed by atoms with Gasteiger partial charge in [0.05, 0.1) is 24.4 Å². The number of nitrogens with zero attached hydrogens (tertiary/aromatic N) is 3. The third-order valence-electron chi connectivity index (χ3n) is 5.09. The summed E-state index contributed by atoms with van der Waals surface area (Å²) in [5.41, 5.74) is 1.50. The van der Waals surface area contributed by atoms with Gasteiger partial charge in [-0.3, -0.25) is 4.79 Å². The van der Waals surface area contributed by atoms with Gasteiger partial charge in [0.2, 0.25) is 4.96 Å². The molecule has 0 bridgehead atoms. The van der Waals surface area contributed by atoms with Gasteiger partial charge in [0.1, 0.15) is 5.75 Å². The van der Waals surface area contributed by atoms with Gasteiger partial charge in [-0.05, 0) is 67.8 Å². The largest absolute Gasteiger partial charge is 0.494 e. The maximum absolute atomic E-state index is 13.0. The molecule has 0 saturated heterocycles. The maximum atomic E-state index is 13.0. The van der Waals surface area contributed by atoms with E-state index in [1.807, 2.05) is 55.5 Å². The van der Waals surface area contributed by atoms with E-state index in [1.165, 1.54) is 15.9 Å². The Morgan fingerprint density at radius 1 is 0.941 bits per heavy atom. The molecule has 0 aliphatic carbocycles. The average molecular weight is 480 g/mol. The molecule has 0 aliphatic heterocycles. The molecule has 0 radical (unpaired) electrons. The van der Waals surface area contributed by atoms with Gasteiger partial charge in [-0.1, -0.05) is 37.7 Å². The molecule has 0 fully saturated rings. The first-order valence-corrected chi connectivity index (χ1v) is 12.5. The molecule has 7 nitrogen and oxygen atoms in total. The molecular weight excluding hydrogens is 450 g/mol. The lowest BCUT2D eigenvalue weighted by molar-refractivity contribution is 0.272. The molecule has 0 amide bonds. The van der Waals surface area contributed by atoms with Crippen molar-refractivity contribution >= 4 is 22.4 Å². The minimum Gasteiger partial charge on any atom is -0.494 e. The van der Waals surface area contributed by atoms with Crippen molar-refractivity contribution < 1.29 is 14.2 Å². The van der Waals surface area contributed by atoms with E-state index in [4.69, 9.17) is 14.2 Å². The van der Waals surface area contributed by atoms with Crippen LogP contribution in [0.3, 0.4) is 0 Å². The molecule has 34 heavy (non-hydrogen) atoms. The van der Waals surface area contributed by atoms with Crippen molar-refractivity contribution in [2.45, 2.75) is 40.0 Å². The monoisotopic (exact) mass is 479 g/mol. The quantitative estimate of drug-likeness (QED) is 0.290. The Morgan fingerprint density at radius 2 is 1.76 bits per heavy atom. The molecule has 4 rings (SSSR count). The van der Waals surface area contributed by atoms with Crippen molar-refractivity contribution in [2.24, 2.45) is 0 Å². The predicted octanol–water partition coefficient (Wildman–Crippen LogP) is 4.73. The van der Waals surface area contributed by atoms with E-state index < -0.39 is 0 Å². The Morgan fingerprint density at radius 3 is 2.47 bits per heavy atom. The summed E-state index contributed by atoms with van der Waals surface area (Å²) in [5.74, 6) is 2.71. The van der Waals surface area contributed by atoms with E-state index in [0.29, 0.717) is 46.6 Å². The van der Waals surface area contributed by atoms with Gasteiger partial charge < -0.3 is 14.2 Å². The lowest BCUT2D eigenvalue weighted by Gasteiger charge is -2.12. The molecule has 8 heteroatoms. The summed E-state index contributed by atoms with van der Waals surface area (Å²) in [6.07, 6.45) is 4.84. The fourth-order valence-corrected chi connectivity index (χ4v) is 4.26. The van der Waals surface area contributed by atoms with Gasteiger partial charge in [0.25, 0.3) is 5.56 Å². The van der Waals surface area contributed by atoms with Crippen LogP contribution in [0, 0.1) is 0 Å². The van der Waals surface area contributed by atoms with Crippen LogP contribution in [0.1, 0.15) is 45.6 Å². The highest BCUT2D eigenvalue weighted by Gasteiger charge is 2.13. The Balaban J connectivity index is 1.60. The van der Waals surface area contributed by atoms with Gasteiger partial charge in [-0.2, -0.15) is 9.50 Å². The number of unbranched alkanes of at least 4 members (excludes halogenated alkanes) is 1. The minimum absolute atomic E-state index is 0.192. The topological polar surface area (TPSA) is 75.0 Å². The molecule has 0 atom stereocenters. The first-order valence-electron chi connectivity index (χ1n) is 11.7. The summed E-state index contributed by atoms with van der Waals surface area (Å²) >= 11 is 1.31. The van der Waals surface area contributed by atoms with Gasteiger partial charge in [0, 0.05) is 5.56 Å². The number of rotatable bonds is 11. The molecule has 178 valence electrons. The Hall–Kier alpha value is -3.39. The summed E-state index contributed by atoms with van der Waals surface area (Å²) < 4.78 is 19.1. The Labute approximate surface area is 202 Å². The van der Waals surface area contributed by atoms with Crippen LogP contribution >= 0.6 is 11.3 Å². The highest BCUT2D eigenvalue weighted by Crippen LogP contribution is 2.29. The number of thiazole rings is 1.